The third-order valence-electron chi connectivity index (χ3n) is 4.01. The van der Waals surface area contributed by atoms with Crippen molar-refractivity contribution in [2.75, 3.05) is 26.2 Å². The maximum atomic E-state index is 11.0. The maximum absolute atomic E-state index is 11.0. The van der Waals surface area contributed by atoms with E-state index in [0.29, 0.717) is 12.4 Å². The average molecular weight is 279 g/mol. The number of piperidine rings is 1. The normalized spacial score (nSPS) is 22.5. The zero-order chi connectivity index (χ0) is 14.5. The molecule has 1 heterocycles. The van der Waals surface area contributed by atoms with E-state index in [2.05, 4.69) is 6.92 Å². The number of quaternary nitrogens is 1. The van der Waals surface area contributed by atoms with E-state index in [0.717, 1.165) is 18.0 Å². The lowest BCUT2D eigenvalue weighted by Gasteiger charge is -2.27. The Kier molecular flexibility index (Phi) is 4.95. The molecule has 5 heteroatoms. The Morgan fingerprint density at radius 2 is 2.10 bits per heavy atom. The van der Waals surface area contributed by atoms with Crippen LogP contribution < -0.4 is 9.64 Å². The average Bonchev–Trinajstić information content (AvgIpc) is 2.41. The Hall–Kier alpha value is -1.62. The summed E-state index contributed by atoms with van der Waals surface area (Å²) in [5.41, 5.74) is 1.03. The highest BCUT2D eigenvalue weighted by Crippen LogP contribution is 2.27. The van der Waals surface area contributed by atoms with E-state index in [1.165, 1.54) is 32.0 Å². The molecular formula is C15H23N2O3+. The molecule has 5 nitrogen and oxygen atoms in total. The molecule has 1 aliphatic rings. The molecule has 0 atom stereocenters. The Labute approximate surface area is 119 Å². The molecule has 1 aromatic rings. The molecule has 0 spiro atoms. The van der Waals surface area contributed by atoms with Gasteiger partial charge in [-0.3, -0.25) is 10.1 Å². The number of nitrogens with zero attached hydrogens (tertiary/aromatic N) is 1. The molecule has 1 saturated heterocycles. The third-order valence-corrected chi connectivity index (χ3v) is 4.01. The zero-order valence-electron chi connectivity index (χ0n) is 12.2. The first-order valence-corrected chi connectivity index (χ1v) is 7.27. The van der Waals surface area contributed by atoms with Gasteiger partial charge in [-0.05, 0) is 37.3 Å². The van der Waals surface area contributed by atoms with Crippen molar-refractivity contribution in [3.05, 3.63) is 33.9 Å². The lowest BCUT2D eigenvalue weighted by atomic mass is 9.99. The summed E-state index contributed by atoms with van der Waals surface area (Å²) in [4.78, 5) is 12.1. The third kappa shape index (κ3) is 3.93. The molecule has 0 aliphatic carbocycles. The van der Waals surface area contributed by atoms with Crippen molar-refractivity contribution in [3.8, 4) is 5.75 Å². The maximum Gasteiger partial charge on any atom is 0.310 e. The summed E-state index contributed by atoms with van der Waals surface area (Å²) in [6, 6.07) is 4.99. The molecule has 1 aromatic carbocycles. The van der Waals surface area contributed by atoms with Crippen LogP contribution in [0.5, 0.6) is 5.75 Å². The molecule has 0 aromatic heterocycles. The second kappa shape index (κ2) is 6.70. The van der Waals surface area contributed by atoms with Crippen molar-refractivity contribution in [1.29, 1.82) is 0 Å². The number of benzene rings is 1. The summed E-state index contributed by atoms with van der Waals surface area (Å²) in [5, 5.41) is 11.0. The van der Waals surface area contributed by atoms with Gasteiger partial charge in [-0.15, -0.1) is 0 Å². The minimum absolute atomic E-state index is 0.0536. The second-order valence-corrected chi connectivity index (χ2v) is 5.76. The summed E-state index contributed by atoms with van der Waals surface area (Å²) in [5.74, 6) is 1.22. The summed E-state index contributed by atoms with van der Waals surface area (Å²) in [6.07, 6.45) is 2.53. The number of nitro benzene ring substituents is 1. The summed E-state index contributed by atoms with van der Waals surface area (Å²) >= 11 is 0. The molecule has 1 aliphatic heterocycles. The molecule has 2 rings (SSSR count). The zero-order valence-corrected chi connectivity index (χ0v) is 12.2. The van der Waals surface area contributed by atoms with E-state index < -0.39 is 0 Å². The topological polar surface area (TPSA) is 56.8 Å². The molecule has 0 amide bonds. The monoisotopic (exact) mass is 279 g/mol. The van der Waals surface area contributed by atoms with Crippen LogP contribution in [0.4, 0.5) is 5.69 Å². The fraction of sp³-hybridized carbons (Fsp3) is 0.600. The number of nitrogens with one attached hydrogen (secondary N) is 1. The number of aryl methyl sites for hydroxylation is 1. The van der Waals surface area contributed by atoms with Crippen molar-refractivity contribution in [1.82, 2.24) is 0 Å². The lowest BCUT2D eigenvalue weighted by Crippen LogP contribution is -3.13. The van der Waals surface area contributed by atoms with Crippen molar-refractivity contribution < 1.29 is 14.6 Å². The van der Waals surface area contributed by atoms with Crippen molar-refractivity contribution in [2.24, 2.45) is 5.92 Å². The minimum Gasteiger partial charge on any atom is -0.481 e. The van der Waals surface area contributed by atoms with E-state index >= 15 is 0 Å². The number of nitro groups is 1. The predicted octanol–water partition coefficient (Wildman–Crippen LogP) is 1.60. The van der Waals surface area contributed by atoms with E-state index in [4.69, 9.17) is 4.74 Å². The van der Waals surface area contributed by atoms with Crippen LogP contribution in [0.15, 0.2) is 18.2 Å². The van der Waals surface area contributed by atoms with E-state index in [9.17, 15) is 10.1 Å². The molecule has 0 radical (unpaired) electrons. The van der Waals surface area contributed by atoms with Crippen molar-refractivity contribution in [3.63, 3.8) is 0 Å². The Morgan fingerprint density at radius 1 is 1.40 bits per heavy atom. The fourth-order valence-electron chi connectivity index (χ4n) is 2.61. The quantitative estimate of drug-likeness (QED) is 0.658. The Balaban J connectivity index is 1.87. The number of hydrogen-bond acceptors (Lipinski definition) is 3. The van der Waals surface area contributed by atoms with Gasteiger partial charge in [0.2, 0.25) is 0 Å². The minimum atomic E-state index is -0.385. The molecular weight excluding hydrogens is 256 g/mol. The van der Waals surface area contributed by atoms with Crippen LogP contribution in [-0.4, -0.2) is 31.2 Å². The van der Waals surface area contributed by atoms with Gasteiger partial charge in [0.05, 0.1) is 18.0 Å². The molecule has 1 fully saturated rings. The van der Waals surface area contributed by atoms with Crippen LogP contribution >= 0.6 is 0 Å². The predicted molar refractivity (Wildman–Crippen MR) is 77.3 cm³/mol. The van der Waals surface area contributed by atoms with E-state index in [1.807, 2.05) is 6.92 Å². The van der Waals surface area contributed by atoms with Crippen LogP contribution in [0.3, 0.4) is 0 Å². The van der Waals surface area contributed by atoms with Crippen molar-refractivity contribution >= 4 is 5.69 Å². The van der Waals surface area contributed by atoms with Crippen LogP contribution in [-0.2, 0) is 0 Å². The van der Waals surface area contributed by atoms with Gasteiger partial charge in [0, 0.05) is 6.07 Å². The van der Waals surface area contributed by atoms with Gasteiger partial charge in [0.25, 0.3) is 0 Å². The number of ether oxygens (including phenoxy) is 1. The molecule has 20 heavy (non-hydrogen) atoms. The van der Waals surface area contributed by atoms with Gasteiger partial charge >= 0.3 is 5.69 Å². The van der Waals surface area contributed by atoms with Gasteiger partial charge in [0.1, 0.15) is 13.2 Å². The van der Waals surface area contributed by atoms with Crippen LogP contribution in [0, 0.1) is 23.0 Å². The second-order valence-electron chi connectivity index (χ2n) is 5.76. The fourth-order valence-corrected chi connectivity index (χ4v) is 2.61. The molecule has 1 N–H and O–H groups in total. The Morgan fingerprint density at radius 3 is 2.75 bits per heavy atom. The van der Waals surface area contributed by atoms with E-state index in [1.54, 1.807) is 17.0 Å². The summed E-state index contributed by atoms with van der Waals surface area (Å²) in [6.45, 7) is 8.02. The van der Waals surface area contributed by atoms with Crippen LogP contribution in [0.1, 0.15) is 25.3 Å². The largest absolute Gasteiger partial charge is 0.481 e. The number of rotatable bonds is 5. The van der Waals surface area contributed by atoms with E-state index in [-0.39, 0.29) is 10.6 Å². The highest BCUT2D eigenvalue weighted by molar-refractivity contribution is 5.48. The van der Waals surface area contributed by atoms with Gasteiger partial charge in [-0.2, -0.15) is 0 Å². The van der Waals surface area contributed by atoms with Gasteiger partial charge in [-0.25, -0.2) is 0 Å². The highest BCUT2D eigenvalue weighted by Gasteiger charge is 2.19. The molecule has 0 bridgehead atoms. The number of hydrogen-bond donors (Lipinski definition) is 1. The Bertz CT molecular complexity index is 468. The first-order chi connectivity index (χ1) is 9.56. The van der Waals surface area contributed by atoms with Gasteiger partial charge in [0.15, 0.2) is 5.75 Å². The summed E-state index contributed by atoms with van der Waals surface area (Å²) < 4.78 is 5.65. The molecule has 0 unspecified atom stereocenters. The molecule has 0 saturated carbocycles. The SMILES string of the molecule is Cc1ccc([N+](=O)[O-])c(OCC[NH+]2CCC(C)CC2)c1. The lowest BCUT2D eigenvalue weighted by molar-refractivity contribution is -0.906. The van der Waals surface area contributed by atoms with Gasteiger partial charge < -0.3 is 9.64 Å². The molecule has 110 valence electrons. The smallest absolute Gasteiger partial charge is 0.310 e. The standard InChI is InChI=1S/C15H22N2O3/c1-12-5-7-16(8-6-12)9-10-20-15-11-13(2)3-4-14(15)17(18)19/h3-4,11-12H,5-10H2,1-2H3/p+1. The van der Waals surface area contributed by atoms with Gasteiger partial charge in [-0.1, -0.05) is 13.0 Å². The van der Waals surface area contributed by atoms with Crippen molar-refractivity contribution in [2.45, 2.75) is 26.7 Å². The number of likely N-dealkylation sites (tertiary alicyclic amines) is 1. The first-order valence-electron chi connectivity index (χ1n) is 7.27. The first kappa shape index (κ1) is 14.8. The van der Waals surface area contributed by atoms with Crippen LogP contribution in [0.2, 0.25) is 0 Å². The van der Waals surface area contributed by atoms with Crippen LogP contribution in [0.25, 0.3) is 0 Å². The highest BCUT2D eigenvalue weighted by atomic mass is 16.6. The summed E-state index contributed by atoms with van der Waals surface area (Å²) in [7, 11) is 0.